The zero-order valence-electron chi connectivity index (χ0n) is 18.6. The number of aromatic nitrogens is 3. The second-order valence-electron chi connectivity index (χ2n) is 8.03. The minimum Gasteiger partial charge on any atom is -0.344 e. The van der Waals surface area contributed by atoms with Gasteiger partial charge in [-0.2, -0.15) is 0 Å². The third-order valence-electron chi connectivity index (χ3n) is 5.34. The lowest BCUT2D eigenvalue weighted by Gasteiger charge is -2.16. The number of carbonyl (C=O) groups is 1. The topological polar surface area (TPSA) is 68.9 Å². The van der Waals surface area contributed by atoms with E-state index in [0.717, 1.165) is 22.4 Å². The van der Waals surface area contributed by atoms with Crippen LogP contribution in [0.25, 0.3) is 22.2 Å². The molecule has 0 saturated carbocycles. The number of para-hydroxylation sites is 1. The van der Waals surface area contributed by atoms with Gasteiger partial charge in [-0.05, 0) is 38.0 Å². The normalized spacial score (nSPS) is 11.3. The van der Waals surface area contributed by atoms with E-state index in [2.05, 4.69) is 5.32 Å². The third-order valence-corrected chi connectivity index (χ3v) is 6.30. The molecule has 7 heteroatoms. The first-order chi connectivity index (χ1) is 15.4. The van der Waals surface area contributed by atoms with Crippen LogP contribution in [0.15, 0.2) is 70.7 Å². The summed E-state index contributed by atoms with van der Waals surface area (Å²) in [6.07, 6.45) is 1.94. The summed E-state index contributed by atoms with van der Waals surface area (Å²) in [5.74, 6) is 0.0252. The molecule has 32 heavy (non-hydrogen) atoms. The van der Waals surface area contributed by atoms with Crippen LogP contribution >= 0.6 is 11.8 Å². The van der Waals surface area contributed by atoms with Gasteiger partial charge in [0.2, 0.25) is 5.91 Å². The summed E-state index contributed by atoms with van der Waals surface area (Å²) in [4.78, 5) is 30.9. The maximum Gasteiger partial charge on any atom is 0.278 e. The Morgan fingerprint density at radius 2 is 1.78 bits per heavy atom. The van der Waals surface area contributed by atoms with Crippen molar-refractivity contribution in [3.8, 4) is 11.1 Å². The summed E-state index contributed by atoms with van der Waals surface area (Å²) in [5, 5.41) is 3.49. The zero-order chi connectivity index (χ0) is 22.8. The largest absolute Gasteiger partial charge is 0.344 e. The van der Waals surface area contributed by atoms with Gasteiger partial charge in [0.05, 0.1) is 5.75 Å². The second-order valence-corrected chi connectivity index (χ2v) is 8.97. The Morgan fingerprint density at radius 3 is 2.47 bits per heavy atom. The highest BCUT2D eigenvalue weighted by Crippen LogP contribution is 2.30. The van der Waals surface area contributed by atoms with E-state index in [1.54, 1.807) is 4.57 Å². The Morgan fingerprint density at radius 1 is 1.09 bits per heavy atom. The molecule has 0 aliphatic carbocycles. The van der Waals surface area contributed by atoms with Crippen LogP contribution in [0.4, 0.5) is 5.69 Å². The summed E-state index contributed by atoms with van der Waals surface area (Å²) < 4.78 is 3.51. The number of fused-ring (bicyclic) bond motifs is 1. The van der Waals surface area contributed by atoms with Crippen LogP contribution in [0.1, 0.15) is 25.5 Å². The molecule has 1 N–H and O–H groups in total. The van der Waals surface area contributed by atoms with E-state index in [-0.39, 0.29) is 23.3 Å². The number of benzene rings is 2. The molecular weight excluding hydrogens is 420 g/mol. The highest BCUT2D eigenvalue weighted by molar-refractivity contribution is 7.99. The van der Waals surface area contributed by atoms with Crippen LogP contribution in [-0.4, -0.2) is 25.8 Å². The van der Waals surface area contributed by atoms with Crippen molar-refractivity contribution in [3.05, 3.63) is 76.7 Å². The maximum absolute atomic E-state index is 13.4. The lowest BCUT2D eigenvalue weighted by Crippen LogP contribution is -2.26. The van der Waals surface area contributed by atoms with Gasteiger partial charge >= 0.3 is 0 Å². The molecule has 0 spiro atoms. The van der Waals surface area contributed by atoms with Gasteiger partial charge in [-0.3, -0.25) is 14.2 Å². The van der Waals surface area contributed by atoms with Crippen molar-refractivity contribution in [2.45, 2.75) is 32.0 Å². The molecule has 0 saturated heterocycles. The van der Waals surface area contributed by atoms with Crippen molar-refractivity contribution in [1.29, 1.82) is 0 Å². The summed E-state index contributed by atoms with van der Waals surface area (Å²) in [7, 11) is 1.87. The number of hydrogen-bond acceptors (Lipinski definition) is 4. The van der Waals surface area contributed by atoms with E-state index in [1.165, 1.54) is 11.8 Å². The number of amides is 1. The van der Waals surface area contributed by atoms with Crippen LogP contribution in [0.3, 0.4) is 0 Å². The Hall–Kier alpha value is -3.32. The Labute approximate surface area is 191 Å². The van der Waals surface area contributed by atoms with Crippen LogP contribution < -0.4 is 10.9 Å². The molecule has 6 nitrogen and oxygen atoms in total. The van der Waals surface area contributed by atoms with E-state index < -0.39 is 0 Å². The molecular formula is C25H26N4O2S. The molecule has 0 unspecified atom stereocenters. The summed E-state index contributed by atoms with van der Waals surface area (Å²) >= 11 is 1.28. The lowest BCUT2D eigenvalue weighted by atomic mass is 10.1. The number of rotatable bonds is 6. The first kappa shape index (κ1) is 21.9. The fraction of sp³-hybridized carbons (Fsp3) is 0.240. The van der Waals surface area contributed by atoms with Gasteiger partial charge < -0.3 is 9.88 Å². The van der Waals surface area contributed by atoms with Crippen molar-refractivity contribution >= 4 is 34.4 Å². The molecule has 2 aromatic carbocycles. The Balaban J connectivity index is 1.71. The lowest BCUT2D eigenvalue weighted by molar-refractivity contribution is -0.113. The number of nitrogens with zero attached hydrogens (tertiary/aromatic N) is 3. The fourth-order valence-corrected chi connectivity index (χ4v) is 4.67. The molecule has 4 rings (SSSR count). The van der Waals surface area contributed by atoms with E-state index >= 15 is 0 Å². The molecule has 0 aliphatic rings. The third kappa shape index (κ3) is 4.21. The summed E-state index contributed by atoms with van der Waals surface area (Å²) in [6, 6.07) is 17.5. The molecule has 0 aliphatic heterocycles. The SMILES string of the molecule is Cc1ccccc1NC(=O)CSc1nc2c(-c3ccccc3)cn(C)c2c(=O)n1C(C)C. The van der Waals surface area contributed by atoms with Crippen LogP contribution in [0, 0.1) is 6.92 Å². The smallest absolute Gasteiger partial charge is 0.278 e. The van der Waals surface area contributed by atoms with Gasteiger partial charge in [-0.1, -0.05) is 60.3 Å². The molecule has 4 aromatic rings. The molecule has 2 aromatic heterocycles. The first-order valence-corrected chi connectivity index (χ1v) is 11.5. The molecule has 0 atom stereocenters. The van der Waals surface area contributed by atoms with E-state index in [9.17, 15) is 9.59 Å². The quantitative estimate of drug-likeness (QED) is 0.333. The van der Waals surface area contributed by atoms with Crippen molar-refractivity contribution in [1.82, 2.24) is 14.1 Å². The van der Waals surface area contributed by atoms with Gasteiger partial charge in [0.15, 0.2) is 5.16 Å². The van der Waals surface area contributed by atoms with E-state index in [4.69, 9.17) is 4.98 Å². The zero-order valence-corrected chi connectivity index (χ0v) is 19.4. The van der Waals surface area contributed by atoms with Gasteiger partial charge in [0.25, 0.3) is 5.56 Å². The van der Waals surface area contributed by atoms with E-state index in [0.29, 0.717) is 16.2 Å². The first-order valence-electron chi connectivity index (χ1n) is 10.5. The maximum atomic E-state index is 13.4. The Bertz CT molecular complexity index is 1340. The molecule has 0 fully saturated rings. The number of anilines is 1. The van der Waals surface area contributed by atoms with Gasteiger partial charge in [-0.25, -0.2) is 4.98 Å². The molecule has 1 amide bonds. The number of aryl methyl sites for hydroxylation is 2. The minimum atomic E-state index is -0.134. The van der Waals surface area contributed by atoms with Gasteiger partial charge in [-0.15, -0.1) is 0 Å². The molecule has 164 valence electrons. The average molecular weight is 447 g/mol. The fourth-order valence-electron chi connectivity index (χ4n) is 3.75. The van der Waals surface area contributed by atoms with Crippen LogP contribution in [0.5, 0.6) is 0 Å². The predicted octanol–water partition coefficient (Wildman–Crippen LogP) is 5.02. The van der Waals surface area contributed by atoms with Crippen molar-refractivity contribution < 1.29 is 4.79 Å². The monoisotopic (exact) mass is 446 g/mol. The number of nitrogens with one attached hydrogen (secondary N) is 1. The number of thioether (sulfide) groups is 1. The molecule has 0 bridgehead atoms. The minimum absolute atomic E-state index is 0.0867. The van der Waals surface area contributed by atoms with Crippen LogP contribution in [-0.2, 0) is 11.8 Å². The molecule has 0 radical (unpaired) electrons. The van der Waals surface area contributed by atoms with Gasteiger partial charge in [0, 0.05) is 30.5 Å². The standard InChI is InChI=1S/C25H26N4O2S/c1-16(2)29-24(31)23-22(19(14-28(23)4)18-11-6-5-7-12-18)27-25(29)32-15-21(30)26-20-13-9-8-10-17(20)3/h5-14,16H,15H2,1-4H3,(H,26,30). The number of hydrogen-bond donors (Lipinski definition) is 1. The highest BCUT2D eigenvalue weighted by Gasteiger charge is 2.20. The highest BCUT2D eigenvalue weighted by atomic mass is 32.2. The second kappa shape index (κ2) is 9.04. The summed E-state index contributed by atoms with van der Waals surface area (Å²) in [5.41, 5.74) is 4.81. The van der Waals surface area contributed by atoms with Gasteiger partial charge in [0.1, 0.15) is 11.0 Å². The van der Waals surface area contributed by atoms with Crippen molar-refractivity contribution in [2.24, 2.45) is 7.05 Å². The molecule has 2 heterocycles. The van der Waals surface area contributed by atoms with Crippen molar-refractivity contribution in [3.63, 3.8) is 0 Å². The van der Waals surface area contributed by atoms with Crippen LogP contribution in [0.2, 0.25) is 0 Å². The average Bonchev–Trinajstić information content (AvgIpc) is 3.11. The van der Waals surface area contributed by atoms with Crippen molar-refractivity contribution in [2.75, 3.05) is 11.1 Å². The number of carbonyl (C=O) groups excluding carboxylic acids is 1. The Kier molecular flexibility index (Phi) is 6.19. The summed E-state index contributed by atoms with van der Waals surface area (Å²) in [6.45, 7) is 5.86. The predicted molar refractivity (Wildman–Crippen MR) is 131 cm³/mol. The van der Waals surface area contributed by atoms with E-state index in [1.807, 2.05) is 93.2 Å².